The topological polar surface area (TPSA) is 211 Å². The smallest absolute Gasteiger partial charge is 0.302 e. The lowest BCUT2D eigenvalue weighted by Gasteiger charge is -2.49. The Balaban J connectivity index is 0.792. The van der Waals surface area contributed by atoms with Gasteiger partial charge in [0.15, 0.2) is 25.2 Å². The fraction of sp³-hybridized carbons (Fsp3) is 0.342. The van der Waals surface area contributed by atoms with Gasteiger partial charge in [0.2, 0.25) is 0 Å². The minimum absolute atomic E-state index is 0.0835. The summed E-state index contributed by atoms with van der Waals surface area (Å²) in [6.07, 6.45) is -20.5. The molecular formula is C111H118O22. The van der Waals surface area contributed by atoms with E-state index < -0.39 is 129 Å². The quantitative estimate of drug-likeness (QED) is 0.0324. The highest BCUT2D eigenvalue weighted by atomic mass is 16.8. The molecule has 0 spiro atoms. The van der Waals surface area contributed by atoms with Gasteiger partial charge in [0, 0.05) is 14.0 Å². The van der Waals surface area contributed by atoms with Crippen LogP contribution in [0.4, 0.5) is 0 Å². The Kier molecular flexibility index (Phi) is 36.7. The number of carbonyl (C=O) groups excluding carboxylic acids is 1. The monoisotopic (exact) mass is 1800 g/mol. The first-order valence-corrected chi connectivity index (χ1v) is 45.7. The normalized spacial score (nSPS) is 25.3. The van der Waals surface area contributed by atoms with Gasteiger partial charge in [-0.15, -0.1) is 0 Å². The van der Waals surface area contributed by atoms with Crippen molar-refractivity contribution < 1.29 is 104 Å². The molecule has 22 heteroatoms. The minimum atomic E-state index is -1.34. The lowest BCUT2D eigenvalue weighted by molar-refractivity contribution is -0.367. The number of ether oxygens (including phenoxy) is 21. The van der Waals surface area contributed by atoms with E-state index in [1.54, 1.807) is 7.11 Å². The van der Waals surface area contributed by atoms with Gasteiger partial charge in [0.1, 0.15) is 104 Å². The van der Waals surface area contributed by atoms with Crippen molar-refractivity contribution in [2.75, 3.05) is 33.5 Å². The summed E-state index contributed by atoms with van der Waals surface area (Å²) in [5, 5.41) is 0. The predicted octanol–water partition coefficient (Wildman–Crippen LogP) is 18.2. The van der Waals surface area contributed by atoms with Crippen molar-refractivity contribution >= 4 is 5.97 Å². The molecule has 4 heterocycles. The van der Waals surface area contributed by atoms with E-state index in [1.807, 2.05) is 364 Å². The molecule has 0 bridgehead atoms. The second kappa shape index (κ2) is 51.1. The van der Waals surface area contributed by atoms with E-state index in [2.05, 4.69) is 0 Å². The second-order valence-corrected chi connectivity index (χ2v) is 33.3. The van der Waals surface area contributed by atoms with Gasteiger partial charge >= 0.3 is 5.97 Å². The first-order valence-electron chi connectivity index (χ1n) is 45.7. The third kappa shape index (κ3) is 28.2. The first-order chi connectivity index (χ1) is 65.7. The summed E-state index contributed by atoms with van der Waals surface area (Å²) in [6.45, 7) is 2.04. The molecule has 4 aliphatic heterocycles. The summed E-state index contributed by atoms with van der Waals surface area (Å²) in [4.78, 5) is 13.1. The van der Waals surface area contributed by atoms with E-state index in [4.69, 9.17) is 99.5 Å². The van der Waals surface area contributed by atoms with E-state index in [0.717, 1.165) is 66.8 Å². The van der Waals surface area contributed by atoms with E-state index in [0.29, 0.717) is 0 Å². The molecule has 4 aliphatic rings. The summed E-state index contributed by atoms with van der Waals surface area (Å²) in [6, 6.07) is 119. The van der Waals surface area contributed by atoms with Crippen LogP contribution in [-0.2, 0) is 184 Å². The number of hydrogen-bond donors (Lipinski definition) is 0. The summed E-state index contributed by atoms with van der Waals surface area (Å²) < 4.78 is 151. The van der Waals surface area contributed by atoms with Gasteiger partial charge in [-0.2, -0.15) is 0 Å². The number of methoxy groups -OCH3 is 1. The zero-order valence-electron chi connectivity index (χ0n) is 75.0. The molecular weight excluding hydrogens is 1690 g/mol. The Morgan fingerprint density at radius 2 is 0.331 bits per heavy atom. The van der Waals surface area contributed by atoms with Crippen molar-refractivity contribution in [3.05, 3.63) is 431 Å². The van der Waals surface area contributed by atoms with Crippen LogP contribution in [0, 0.1) is 0 Å². The molecule has 20 atom stereocenters. The second-order valence-electron chi connectivity index (χ2n) is 33.3. The molecule has 0 saturated carbocycles. The van der Waals surface area contributed by atoms with Gasteiger partial charge in [-0.25, -0.2) is 0 Å². The van der Waals surface area contributed by atoms with Crippen LogP contribution in [0.25, 0.3) is 0 Å². The van der Waals surface area contributed by atoms with Crippen molar-refractivity contribution in [3.63, 3.8) is 0 Å². The zero-order chi connectivity index (χ0) is 90.6. The van der Waals surface area contributed by atoms with Gasteiger partial charge in [0.25, 0.3) is 0 Å². The highest BCUT2D eigenvalue weighted by Crippen LogP contribution is 2.40. The molecule has 12 aromatic carbocycles. The molecule has 0 N–H and O–H groups in total. The van der Waals surface area contributed by atoms with Crippen LogP contribution in [0.3, 0.4) is 0 Å². The summed E-state index contributed by atoms with van der Waals surface area (Å²) >= 11 is 0. The van der Waals surface area contributed by atoms with Crippen LogP contribution in [0.1, 0.15) is 73.7 Å². The highest BCUT2D eigenvalue weighted by Gasteiger charge is 2.56. The van der Waals surface area contributed by atoms with Gasteiger partial charge in [0.05, 0.1) is 99.1 Å². The van der Waals surface area contributed by atoms with E-state index in [1.165, 1.54) is 6.92 Å². The maximum Gasteiger partial charge on any atom is 0.302 e. The highest BCUT2D eigenvalue weighted by molar-refractivity contribution is 5.65. The van der Waals surface area contributed by atoms with Crippen molar-refractivity contribution in [3.8, 4) is 0 Å². The number of carbonyl (C=O) groups is 1. The third-order valence-electron chi connectivity index (χ3n) is 23.7. The van der Waals surface area contributed by atoms with E-state index >= 15 is 0 Å². The Bertz CT molecular complexity index is 5220. The lowest BCUT2D eigenvalue weighted by Crippen LogP contribution is -2.65. The molecule has 4 saturated heterocycles. The SMILES string of the molecule is CO[C@H]1OC(CO[C@H]2OC(CO[C@H]3OC(CO[C@H]4OC(COC(C)=O)[C@@H](OCc5ccccc5)C(OCc5ccccc5)C4OCc4ccccc4)[C@@H](OCc4ccccc4)C(OCc4ccccc4)C3OCc3ccccc3)[C@@H](OCc3ccccc3)C(OCc3ccccc3)C2OCc2ccccc2)[C@@H](OCc2ccccc2)C(OCc2ccccc2)C1OCc1ccccc1. The molecule has 12 aromatic rings. The van der Waals surface area contributed by atoms with Crippen LogP contribution < -0.4 is 0 Å². The number of benzene rings is 12. The maximum absolute atomic E-state index is 13.1. The molecule has 0 aliphatic carbocycles. The van der Waals surface area contributed by atoms with Crippen molar-refractivity contribution in [2.45, 2.75) is 209 Å². The summed E-state index contributed by atoms with van der Waals surface area (Å²) in [5.74, 6) is -0.522. The lowest BCUT2D eigenvalue weighted by atomic mass is 9.96. The van der Waals surface area contributed by atoms with Crippen LogP contribution in [0.5, 0.6) is 0 Å². The van der Waals surface area contributed by atoms with Crippen molar-refractivity contribution in [1.82, 2.24) is 0 Å². The average Bonchev–Trinajstić information content (AvgIpc) is 0.779. The van der Waals surface area contributed by atoms with E-state index in [9.17, 15) is 4.79 Å². The van der Waals surface area contributed by atoms with Crippen molar-refractivity contribution in [2.24, 2.45) is 0 Å². The average molecular weight is 1800 g/mol. The zero-order valence-corrected chi connectivity index (χ0v) is 75.0. The molecule has 12 unspecified atom stereocenters. The molecule has 22 nitrogen and oxygen atoms in total. The molecule has 16 rings (SSSR count). The number of hydrogen-bond acceptors (Lipinski definition) is 22. The molecule has 133 heavy (non-hydrogen) atoms. The van der Waals surface area contributed by atoms with Gasteiger partial charge in [-0.1, -0.05) is 364 Å². The Morgan fingerprint density at radius 1 is 0.188 bits per heavy atom. The maximum atomic E-state index is 13.1. The molecule has 0 amide bonds. The molecule has 0 radical (unpaired) electrons. The molecule has 4 fully saturated rings. The number of esters is 1. The van der Waals surface area contributed by atoms with Crippen LogP contribution in [0.2, 0.25) is 0 Å². The Morgan fingerprint density at radius 3 is 0.496 bits per heavy atom. The van der Waals surface area contributed by atoms with Gasteiger partial charge < -0.3 is 99.5 Å². The van der Waals surface area contributed by atoms with Crippen LogP contribution in [0.15, 0.2) is 364 Å². The van der Waals surface area contributed by atoms with Crippen LogP contribution >= 0.6 is 0 Å². The number of rotatable bonds is 48. The van der Waals surface area contributed by atoms with Crippen LogP contribution in [-0.4, -0.2) is 162 Å². The minimum Gasteiger partial charge on any atom is -0.463 e. The summed E-state index contributed by atoms with van der Waals surface area (Å²) in [5.41, 5.74) is 10.7. The van der Waals surface area contributed by atoms with Gasteiger partial charge in [-0.05, 0) is 66.8 Å². The van der Waals surface area contributed by atoms with E-state index in [-0.39, 0.29) is 106 Å². The fourth-order valence-electron chi connectivity index (χ4n) is 16.9. The first kappa shape index (κ1) is 95.5. The standard InChI is InChI=1S/C111H118O22/c1-79(112)114-75-92-96(115-63-80-39-15-3-16-40-80)101(120-68-85-49-25-8-26-50-85)105(124-72-89-57-33-12-34-58-89)109(131-92)128-77-94-98(117-65-82-43-19-5-20-44-82)103(122-70-87-53-29-10-30-54-87)107(126-74-91-61-37-14-38-62-91)111(133-94)129-78-95-99(118-66-83-45-21-6-22-46-83)102(121-69-86-51-27-9-28-52-86)106(125-73-90-59-35-13-36-60-90)110(132-95)127-76-93-97(116-64-81-41-17-4-18-42-81)100(119-67-84-47-23-7-24-48-84)104(108(113-2)130-93)123-71-88-55-31-11-32-56-88/h3-62,92-111H,63-78H2,1-2H3/t92?,93?,94?,95?,96-,97-,98-,99-,100?,101?,102?,103?,104?,105?,106?,107?,108+,109+,110+,111+/m1/s1. The fourth-order valence-corrected chi connectivity index (χ4v) is 16.9. The van der Waals surface area contributed by atoms with Crippen molar-refractivity contribution in [1.29, 1.82) is 0 Å². The molecule has 694 valence electrons. The molecule has 0 aromatic heterocycles. The Hall–Kier alpha value is -10.7. The summed E-state index contributed by atoms with van der Waals surface area (Å²) in [7, 11) is 1.59. The largest absolute Gasteiger partial charge is 0.463 e. The Labute approximate surface area is 779 Å². The third-order valence-corrected chi connectivity index (χ3v) is 23.7. The predicted molar refractivity (Wildman–Crippen MR) is 496 cm³/mol. The van der Waals surface area contributed by atoms with Gasteiger partial charge in [-0.3, -0.25) is 4.79 Å².